The van der Waals surface area contributed by atoms with Crippen molar-refractivity contribution < 1.29 is 9.59 Å². The average molecular weight is 340 g/mol. The largest absolute Gasteiger partial charge is 0.398 e. The van der Waals surface area contributed by atoms with Gasteiger partial charge in [-0.3, -0.25) is 9.59 Å². The van der Waals surface area contributed by atoms with Gasteiger partial charge in [-0.25, -0.2) is 0 Å². The number of benzene rings is 1. The van der Waals surface area contributed by atoms with Gasteiger partial charge in [0.2, 0.25) is 11.8 Å². The fourth-order valence-electron chi connectivity index (χ4n) is 2.25. The Kier molecular flexibility index (Phi) is 4.65. The molecule has 1 aliphatic rings. The van der Waals surface area contributed by atoms with E-state index in [0.29, 0.717) is 18.8 Å². The highest BCUT2D eigenvalue weighted by atomic mass is 79.9. The maximum absolute atomic E-state index is 12.1. The molecule has 0 aliphatic carbocycles. The molecule has 1 heterocycles. The maximum atomic E-state index is 12.1. The number of carbonyl (C=O) groups is 2. The number of nitrogens with zero attached hydrogens (tertiary/aromatic N) is 2. The monoisotopic (exact) mass is 339 g/mol. The van der Waals surface area contributed by atoms with Crippen molar-refractivity contribution in [1.29, 1.82) is 0 Å². The van der Waals surface area contributed by atoms with Crippen molar-refractivity contribution in [3.63, 3.8) is 0 Å². The van der Waals surface area contributed by atoms with E-state index in [4.69, 9.17) is 5.73 Å². The number of hydrogen-bond donors (Lipinski definition) is 1. The molecule has 2 N–H and O–H groups in total. The van der Waals surface area contributed by atoms with Crippen molar-refractivity contribution >= 4 is 33.4 Å². The van der Waals surface area contributed by atoms with Gasteiger partial charge in [0.15, 0.2) is 0 Å². The fraction of sp³-hybridized carbons (Fsp3) is 0.429. The van der Waals surface area contributed by atoms with Crippen LogP contribution < -0.4 is 5.73 Å². The molecule has 0 unspecified atom stereocenters. The number of rotatable bonds is 4. The third-order valence-corrected chi connectivity index (χ3v) is 4.29. The highest BCUT2D eigenvalue weighted by Crippen LogP contribution is 2.25. The minimum absolute atomic E-state index is 0.00600. The number of nitrogen functional groups attached to an aromatic ring is 1. The molecule has 1 fully saturated rings. The molecule has 0 spiro atoms. The van der Waals surface area contributed by atoms with Crippen LogP contribution in [-0.4, -0.2) is 41.2 Å². The second-order valence-electron chi connectivity index (χ2n) is 4.89. The predicted octanol–water partition coefficient (Wildman–Crippen LogP) is 1.61. The Balaban J connectivity index is 2.09. The second-order valence-corrected chi connectivity index (χ2v) is 5.68. The molecule has 0 saturated carbocycles. The molecule has 5 nitrogen and oxygen atoms in total. The molecule has 2 amide bonds. The van der Waals surface area contributed by atoms with Crippen molar-refractivity contribution in [2.45, 2.75) is 19.9 Å². The summed E-state index contributed by atoms with van der Waals surface area (Å²) >= 11 is 3.42. The van der Waals surface area contributed by atoms with Crippen LogP contribution in [0.3, 0.4) is 0 Å². The highest BCUT2D eigenvalue weighted by Gasteiger charge is 2.29. The van der Waals surface area contributed by atoms with E-state index in [0.717, 1.165) is 16.5 Å². The van der Waals surface area contributed by atoms with Gasteiger partial charge in [-0.15, -0.1) is 0 Å². The second kappa shape index (κ2) is 6.26. The van der Waals surface area contributed by atoms with Crippen molar-refractivity contribution in [3.8, 4) is 0 Å². The minimum Gasteiger partial charge on any atom is -0.398 e. The van der Waals surface area contributed by atoms with Crippen LogP contribution in [-0.2, 0) is 16.1 Å². The molecule has 1 aliphatic heterocycles. The third-order valence-electron chi connectivity index (χ3n) is 3.32. The number of anilines is 1. The molecule has 1 aromatic carbocycles. The standard InChI is InChI=1S/C14H18BrN3O2/c1-2-6-17-8-13(20)18(9-12(17)19)7-10-4-3-5-11(16)14(10)15/h3-5H,2,6-9,16H2,1H3. The summed E-state index contributed by atoms with van der Waals surface area (Å²) in [6, 6.07) is 5.53. The summed E-state index contributed by atoms with van der Waals surface area (Å²) in [6.45, 7) is 3.34. The average Bonchev–Trinajstić information content (AvgIpc) is 2.41. The van der Waals surface area contributed by atoms with Gasteiger partial charge in [0.25, 0.3) is 0 Å². The number of hydrogen-bond acceptors (Lipinski definition) is 3. The van der Waals surface area contributed by atoms with Gasteiger partial charge in [0, 0.05) is 23.2 Å². The van der Waals surface area contributed by atoms with Gasteiger partial charge in [-0.2, -0.15) is 0 Å². The summed E-state index contributed by atoms with van der Waals surface area (Å²) in [4.78, 5) is 27.3. The molecular formula is C14H18BrN3O2. The minimum atomic E-state index is -0.0209. The first-order valence-corrected chi connectivity index (χ1v) is 7.40. The molecule has 0 atom stereocenters. The van der Waals surface area contributed by atoms with E-state index in [9.17, 15) is 9.59 Å². The van der Waals surface area contributed by atoms with Gasteiger partial charge in [0.1, 0.15) is 6.54 Å². The van der Waals surface area contributed by atoms with Gasteiger partial charge < -0.3 is 15.5 Å². The summed E-state index contributed by atoms with van der Waals surface area (Å²) in [5.74, 6) is -0.0150. The Labute approximate surface area is 126 Å². The molecule has 2 rings (SSSR count). The first-order chi connectivity index (χ1) is 9.52. The molecule has 0 aromatic heterocycles. The zero-order valence-corrected chi connectivity index (χ0v) is 13.0. The van der Waals surface area contributed by atoms with Crippen LogP contribution in [0, 0.1) is 0 Å². The first kappa shape index (κ1) is 14.8. The Morgan fingerprint density at radius 3 is 2.55 bits per heavy atom. The predicted molar refractivity (Wildman–Crippen MR) is 80.8 cm³/mol. The van der Waals surface area contributed by atoms with E-state index in [-0.39, 0.29) is 24.9 Å². The number of amides is 2. The van der Waals surface area contributed by atoms with E-state index in [1.807, 2.05) is 19.1 Å². The van der Waals surface area contributed by atoms with Crippen molar-refractivity contribution in [2.24, 2.45) is 0 Å². The van der Waals surface area contributed by atoms with Crippen molar-refractivity contribution in [3.05, 3.63) is 28.2 Å². The van der Waals surface area contributed by atoms with Crippen LogP contribution in [0.4, 0.5) is 5.69 Å². The Bertz CT molecular complexity index is 533. The van der Waals surface area contributed by atoms with Gasteiger partial charge in [0.05, 0.1) is 6.54 Å². The molecule has 108 valence electrons. The molecule has 6 heteroatoms. The van der Waals surface area contributed by atoms with Gasteiger partial charge in [-0.05, 0) is 34.0 Å². The highest BCUT2D eigenvalue weighted by molar-refractivity contribution is 9.10. The normalized spacial score (nSPS) is 15.9. The number of piperazine rings is 1. The van der Waals surface area contributed by atoms with E-state index < -0.39 is 0 Å². The Morgan fingerprint density at radius 2 is 1.85 bits per heavy atom. The number of carbonyl (C=O) groups excluding carboxylic acids is 2. The van der Waals surface area contributed by atoms with Crippen molar-refractivity contribution in [2.75, 3.05) is 25.4 Å². The summed E-state index contributed by atoms with van der Waals surface area (Å²) in [5.41, 5.74) is 7.37. The molecule has 1 aromatic rings. The lowest BCUT2D eigenvalue weighted by Gasteiger charge is -2.34. The van der Waals surface area contributed by atoms with Crippen molar-refractivity contribution in [1.82, 2.24) is 9.80 Å². The Hall–Kier alpha value is -1.56. The van der Waals surface area contributed by atoms with Crippen LogP contribution >= 0.6 is 15.9 Å². The van der Waals surface area contributed by atoms with Gasteiger partial charge >= 0.3 is 0 Å². The first-order valence-electron chi connectivity index (χ1n) is 6.61. The summed E-state index contributed by atoms with van der Waals surface area (Å²) in [6.07, 6.45) is 0.861. The third kappa shape index (κ3) is 3.12. The van der Waals surface area contributed by atoms with E-state index in [1.54, 1.807) is 15.9 Å². The van der Waals surface area contributed by atoms with E-state index >= 15 is 0 Å². The van der Waals surface area contributed by atoms with Crippen LogP contribution in [0.25, 0.3) is 0 Å². The summed E-state index contributed by atoms with van der Waals surface area (Å²) < 4.78 is 0.788. The molecule has 0 radical (unpaired) electrons. The molecular weight excluding hydrogens is 322 g/mol. The van der Waals surface area contributed by atoms with E-state index in [2.05, 4.69) is 15.9 Å². The number of nitrogens with two attached hydrogens (primary N) is 1. The molecule has 0 bridgehead atoms. The van der Waals surface area contributed by atoms with E-state index in [1.165, 1.54) is 0 Å². The lowest BCUT2D eigenvalue weighted by molar-refractivity contribution is -0.150. The molecule has 20 heavy (non-hydrogen) atoms. The molecule has 1 saturated heterocycles. The van der Waals surface area contributed by atoms with Crippen LogP contribution in [0.1, 0.15) is 18.9 Å². The zero-order valence-electron chi connectivity index (χ0n) is 11.4. The number of halogens is 1. The van der Waals surface area contributed by atoms with Crippen LogP contribution in [0.5, 0.6) is 0 Å². The van der Waals surface area contributed by atoms with Gasteiger partial charge in [-0.1, -0.05) is 19.1 Å². The fourth-order valence-corrected chi connectivity index (χ4v) is 2.64. The lowest BCUT2D eigenvalue weighted by Crippen LogP contribution is -2.53. The van der Waals surface area contributed by atoms with Crippen LogP contribution in [0.2, 0.25) is 0 Å². The summed E-state index contributed by atoms with van der Waals surface area (Å²) in [5, 5.41) is 0. The summed E-state index contributed by atoms with van der Waals surface area (Å²) in [7, 11) is 0. The lowest BCUT2D eigenvalue weighted by atomic mass is 10.1. The maximum Gasteiger partial charge on any atom is 0.242 e. The SMILES string of the molecule is CCCN1CC(=O)N(Cc2cccc(N)c2Br)CC1=O. The van der Waals surface area contributed by atoms with Crippen LogP contribution in [0.15, 0.2) is 22.7 Å². The Morgan fingerprint density at radius 1 is 1.20 bits per heavy atom. The zero-order chi connectivity index (χ0) is 14.7. The smallest absolute Gasteiger partial charge is 0.242 e. The topological polar surface area (TPSA) is 66.6 Å². The quantitative estimate of drug-likeness (QED) is 0.847.